The molecule has 0 aliphatic rings. The third-order valence-corrected chi connectivity index (χ3v) is 16.2. The van der Waals surface area contributed by atoms with Gasteiger partial charge >= 0.3 is 137 Å². The van der Waals surface area contributed by atoms with E-state index >= 15 is 0 Å². The molecule has 0 amide bonds. The first-order valence-electron chi connectivity index (χ1n) is 21.1. The summed E-state index contributed by atoms with van der Waals surface area (Å²) in [7, 11) is 0. The molecule has 0 radical (unpaired) electrons. The van der Waals surface area contributed by atoms with Gasteiger partial charge in [-0.05, 0) is 0 Å². The summed E-state index contributed by atoms with van der Waals surface area (Å²) in [5.41, 5.74) is 0. The molecule has 0 heterocycles. The van der Waals surface area contributed by atoms with Gasteiger partial charge in [0.1, 0.15) is 0 Å². The number of hydrogen-bond donors (Lipinski definition) is 0. The van der Waals surface area contributed by atoms with E-state index in [1.165, 1.54) is 96.3 Å². The van der Waals surface area contributed by atoms with Crippen LogP contribution in [0.1, 0.15) is 215 Å². The topological polar surface area (TPSA) is 36.9 Å². The molecule has 0 N–H and O–H groups in total. The molecule has 0 aliphatic carbocycles. The van der Waals surface area contributed by atoms with Crippen molar-refractivity contribution in [1.29, 1.82) is 0 Å². The molecule has 0 unspecified atom stereocenters. The molecule has 6 heteroatoms. The Balaban J connectivity index is 0. The summed E-state index contributed by atoms with van der Waals surface area (Å²) >= 11 is -3.93. The van der Waals surface area contributed by atoms with Crippen molar-refractivity contribution in [2.75, 3.05) is 26.4 Å². The van der Waals surface area contributed by atoms with E-state index in [9.17, 15) is 0 Å². The van der Waals surface area contributed by atoms with E-state index < -0.39 is 32.3 Å². The Bertz CT molecular complexity index is 456. The predicted molar refractivity (Wildman–Crippen MR) is 204 cm³/mol. The fraction of sp³-hybridized carbons (Fsp3) is 1.00. The molecule has 0 saturated carbocycles. The van der Waals surface area contributed by atoms with Crippen molar-refractivity contribution in [2.45, 2.75) is 231 Å². The van der Waals surface area contributed by atoms with Crippen LogP contribution >= 0.6 is 0 Å². The molecule has 0 saturated heterocycles. The van der Waals surface area contributed by atoms with E-state index in [1.54, 1.807) is 35.1 Å². The molecule has 0 rings (SSSR count). The van der Waals surface area contributed by atoms with Crippen LogP contribution in [0.4, 0.5) is 0 Å². The first-order valence-corrected chi connectivity index (χ1v) is 26.1. The Hall–Kier alpha value is 1.09. The van der Waals surface area contributed by atoms with Gasteiger partial charge in [0.05, 0.1) is 0 Å². The Morgan fingerprint density at radius 3 is 0.739 bits per heavy atom. The van der Waals surface area contributed by atoms with Gasteiger partial charge in [-0.1, -0.05) is 152 Å². The van der Waals surface area contributed by atoms with Crippen LogP contribution in [0.25, 0.3) is 0 Å². The van der Waals surface area contributed by atoms with Crippen molar-refractivity contribution < 1.29 is 31.4 Å². The number of hydrogen-bond acceptors (Lipinski definition) is 4. The molecule has 0 aromatic heterocycles. The zero-order chi connectivity index (χ0) is 34.2. The zero-order valence-corrected chi connectivity index (χ0v) is 35.8. The maximum absolute atomic E-state index is 6.03. The Morgan fingerprint density at radius 2 is 0.500 bits per heavy atom. The van der Waals surface area contributed by atoms with E-state index in [-0.39, 0.29) is 0 Å². The average molecular weight is 707 g/mol. The number of rotatable bonds is 37. The first kappa shape index (κ1) is 49.2. The monoisotopic (exact) mass is 707 g/mol. The molecule has 0 aromatic carbocycles. The van der Waals surface area contributed by atoms with Crippen LogP contribution in [0.3, 0.4) is 0 Å². The summed E-state index contributed by atoms with van der Waals surface area (Å²) in [6.07, 6.45) is 35.3. The fourth-order valence-corrected chi connectivity index (χ4v) is 12.4. The fourth-order valence-electron chi connectivity index (χ4n) is 5.69. The van der Waals surface area contributed by atoms with Crippen molar-refractivity contribution in [2.24, 2.45) is 0 Å². The van der Waals surface area contributed by atoms with Gasteiger partial charge in [-0.2, -0.15) is 0 Å². The van der Waals surface area contributed by atoms with Gasteiger partial charge in [0, 0.05) is 0 Å². The van der Waals surface area contributed by atoms with Crippen molar-refractivity contribution in [3.05, 3.63) is 0 Å². The van der Waals surface area contributed by atoms with Gasteiger partial charge < -0.3 is 0 Å². The molecule has 0 atom stereocenters. The van der Waals surface area contributed by atoms with Crippen LogP contribution in [0.15, 0.2) is 0 Å². The van der Waals surface area contributed by atoms with Gasteiger partial charge in [0.15, 0.2) is 0 Å². The quantitative estimate of drug-likeness (QED) is 0.0476. The van der Waals surface area contributed by atoms with Gasteiger partial charge in [-0.3, -0.25) is 0 Å². The van der Waals surface area contributed by atoms with Crippen molar-refractivity contribution >= 4 is 14.1 Å². The average Bonchev–Trinajstić information content (AvgIpc) is 3.06. The summed E-state index contributed by atoms with van der Waals surface area (Å²) in [6.45, 7) is 18.3. The van der Waals surface area contributed by atoms with Gasteiger partial charge in [0.2, 0.25) is 0 Å². The van der Waals surface area contributed by atoms with E-state index in [1.807, 2.05) is 0 Å². The third kappa shape index (κ3) is 36.4. The van der Waals surface area contributed by atoms with Crippen molar-refractivity contribution in [1.82, 2.24) is 0 Å². The maximum atomic E-state index is 6.03. The molecule has 0 bridgehead atoms. The molecule has 0 spiro atoms. The van der Waals surface area contributed by atoms with Crippen LogP contribution in [0.5, 0.6) is 0 Å². The Morgan fingerprint density at radius 1 is 0.283 bits per heavy atom. The second kappa shape index (κ2) is 42.3. The van der Waals surface area contributed by atoms with Crippen LogP contribution in [-0.4, -0.2) is 40.6 Å². The molecule has 278 valence electrons. The minimum atomic E-state index is -3.52. The van der Waals surface area contributed by atoms with Gasteiger partial charge in [-0.15, -0.1) is 0 Å². The van der Waals surface area contributed by atoms with Crippen LogP contribution in [0, 0.1) is 0 Å². The molecule has 0 fully saturated rings. The Labute approximate surface area is 301 Å². The Kier molecular flexibility index (Phi) is 45.2. The van der Waals surface area contributed by atoms with E-state index in [4.69, 9.17) is 13.3 Å². The van der Waals surface area contributed by atoms with Crippen LogP contribution in [-0.2, 0) is 31.4 Å². The summed E-state index contributed by atoms with van der Waals surface area (Å²) < 4.78 is 24.1. The standard InChI is InChI=1S/3C8H17.4C4H9O.Al.Ti/c3*1-3-5-7-8-6-4-2;4*1-2-3-4-5;;/h3*1,3-8H2,2H3;4*2-4H2,1H3;;/q;;;4*-1;;+4. The summed E-state index contributed by atoms with van der Waals surface area (Å²) in [5, 5.41) is 4.99. The SMILES string of the molecule is CCCCCCC[CH2][Al]([CH2]CCCCCCC)[CH2]CCCCCCC.CCCC[O][Ti]([O]CCCC)([O]CCCC)[O]CCCC. The molecular weight excluding hydrogens is 619 g/mol. The minimum absolute atomic E-state index is 0.410. The molecule has 0 aliphatic heterocycles. The molecule has 0 aromatic rings. The van der Waals surface area contributed by atoms with Crippen molar-refractivity contribution in [3.8, 4) is 0 Å². The van der Waals surface area contributed by atoms with Crippen LogP contribution in [0.2, 0.25) is 15.8 Å². The van der Waals surface area contributed by atoms with Crippen molar-refractivity contribution in [3.63, 3.8) is 0 Å². The van der Waals surface area contributed by atoms with E-state index in [0.717, 1.165) is 51.4 Å². The second-order valence-electron chi connectivity index (χ2n) is 13.8. The predicted octanol–water partition coefficient (Wildman–Crippen LogP) is 14.6. The summed E-state index contributed by atoms with van der Waals surface area (Å²) in [5.74, 6) is 0. The molecule has 46 heavy (non-hydrogen) atoms. The third-order valence-electron chi connectivity index (χ3n) is 9.00. The van der Waals surface area contributed by atoms with Crippen LogP contribution < -0.4 is 0 Å². The first-order chi connectivity index (χ1) is 22.6. The summed E-state index contributed by atoms with van der Waals surface area (Å²) in [4.78, 5) is 0. The zero-order valence-electron chi connectivity index (χ0n) is 33.0. The second-order valence-corrected chi connectivity index (χ2v) is 20.7. The number of unbranched alkanes of at least 4 members (excludes halogenated alkanes) is 19. The normalized spacial score (nSPS) is 11.5. The molecular formula is C40H87AlO4Ti. The van der Waals surface area contributed by atoms with Gasteiger partial charge in [-0.25, -0.2) is 0 Å². The van der Waals surface area contributed by atoms with Gasteiger partial charge in [0.25, 0.3) is 14.1 Å². The van der Waals surface area contributed by atoms with E-state index in [0.29, 0.717) is 26.4 Å². The van der Waals surface area contributed by atoms with E-state index in [2.05, 4.69) is 48.5 Å². The summed E-state index contributed by atoms with van der Waals surface area (Å²) in [6, 6.07) is 0. The molecule has 4 nitrogen and oxygen atoms in total.